The molecule has 1 amide bonds. The molecule has 23 heavy (non-hydrogen) atoms. The van der Waals surface area contributed by atoms with Gasteiger partial charge in [0.15, 0.2) is 0 Å². The zero-order valence-electron chi connectivity index (χ0n) is 12.4. The predicted molar refractivity (Wildman–Crippen MR) is 97.6 cm³/mol. The third-order valence-electron chi connectivity index (χ3n) is 3.16. The van der Waals surface area contributed by atoms with Crippen LogP contribution in [0.15, 0.2) is 41.7 Å². The molecule has 0 unspecified atom stereocenters. The molecule has 118 valence electrons. The SMILES string of the molecule is CCc1cc2c(SCC(=O)Nc3ccc(Cl)cc3)ncnc2s1. The van der Waals surface area contributed by atoms with Gasteiger partial charge in [0.1, 0.15) is 16.2 Å². The van der Waals surface area contributed by atoms with Crippen molar-refractivity contribution < 1.29 is 4.79 Å². The molecular weight excluding hydrogens is 350 g/mol. The largest absolute Gasteiger partial charge is 0.325 e. The quantitative estimate of drug-likeness (QED) is 0.530. The van der Waals surface area contributed by atoms with E-state index < -0.39 is 0 Å². The van der Waals surface area contributed by atoms with Gasteiger partial charge >= 0.3 is 0 Å². The summed E-state index contributed by atoms with van der Waals surface area (Å²) in [5, 5.41) is 5.36. The van der Waals surface area contributed by atoms with Gasteiger partial charge in [0.25, 0.3) is 0 Å². The molecule has 0 radical (unpaired) electrons. The Bertz CT molecular complexity index is 833. The van der Waals surface area contributed by atoms with E-state index in [1.54, 1.807) is 41.9 Å². The van der Waals surface area contributed by atoms with Crippen LogP contribution in [0.2, 0.25) is 5.02 Å². The van der Waals surface area contributed by atoms with Crippen LogP contribution in [0.1, 0.15) is 11.8 Å². The normalized spacial score (nSPS) is 10.9. The van der Waals surface area contributed by atoms with Crippen LogP contribution in [0.5, 0.6) is 0 Å². The molecule has 3 aromatic rings. The van der Waals surface area contributed by atoms with Gasteiger partial charge in [-0.05, 0) is 36.8 Å². The Morgan fingerprint density at radius 1 is 1.30 bits per heavy atom. The van der Waals surface area contributed by atoms with Crippen molar-refractivity contribution >= 4 is 56.5 Å². The Morgan fingerprint density at radius 3 is 2.83 bits per heavy atom. The van der Waals surface area contributed by atoms with Crippen LogP contribution in [0.4, 0.5) is 5.69 Å². The number of hydrogen-bond acceptors (Lipinski definition) is 5. The number of rotatable bonds is 5. The van der Waals surface area contributed by atoms with Crippen molar-refractivity contribution in [1.29, 1.82) is 0 Å². The van der Waals surface area contributed by atoms with Crippen LogP contribution in [-0.2, 0) is 11.2 Å². The molecule has 3 rings (SSSR count). The minimum Gasteiger partial charge on any atom is -0.325 e. The summed E-state index contributed by atoms with van der Waals surface area (Å²) in [4.78, 5) is 22.9. The number of carbonyl (C=O) groups excluding carboxylic acids is 1. The van der Waals surface area contributed by atoms with E-state index in [2.05, 4.69) is 28.3 Å². The number of aromatic nitrogens is 2. The lowest BCUT2D eigenvalue weighted by molar-refractivity contribution is -0.113. The van der Waals surface area contributed by atoms with Crippen LogP contribution < -0.4 is 5.32 Å². The maximum atomic E-state index is 12.1. The van der Waals surface area contributed by atoms with E-state index >= 15 is 0 Å². The molecule has 0 bridgehead atoms. The first-order valence-electron chi connectivity index (χ1n) is 7.07. The van der Waals surface area contributed by atoms with Crippen molar-refractivity contribution in [3.05, 3.63) is 46.6 Å². The number of nitrogens with zero attached hydrogens (tertiary/aromatic N) is 2. The lowest BCUT2D eigenvalue weighted by Gasteiger charge is -2.05. The Labute approximate surface area is 147 Å². The zero-order chi connectivity index (χ0) is 16.2. The zero-order valence-corrected chi connectivity index (χ0v) is 14.8. The van der Waals surface area contributed by atoms with Crippen molar-refractivity contribution in [3.63, 3.8) is 0 Å². The third kappa shape index (κ3) is 4.02. The summed E-state index contributed by atoms with van der Waals surface area (Å²) in [6, 6.07) is 9.16. The minimum atomic E-state index is -0.0740. The number of fused-ring (bicyclic) bond motifs is 1. The number of anilines is 1. The van der Waals surface area contributed by atoms with E-state index in [1.807, 2.05) is 0 Å². The molecule has 1 N–H and O–H groups in total. The smallest absolute Gasteiger partial charge is 0.234 e. The van der Waals surface area contributed by atoms with Gasteiger partial charge in [-0.25, -0.2) is 9.97 Å². The van der Waals surface area contributed by atoms with Crippen molar-refractivity contribution in [2.75, 3.05) is 11.1 Å². The average molecular weight is 364 g/mol. The fourth-order valence-corrected chi connectivity index (χ4v) is 3.94. The molecule has 4 nitrogen and oxygen atoms in total. The van der Waals surface area contributed by atoms with Gasteiger partial charge in [0.05, 0.1) is 5.75 Å². The van der Waals surface area contributed by atoms with Gasteiger partial charge in [0, 0.05) is 21.0 Å². The molecule has 0 saturated heterocycles. The van der Waals surface area contributed by atoms with Crippen molar-refractivity contribution in [2.24, 2.45) is 0 Å². The average Bonchev–Trinajstić information content (AvgIpc) is 2.99. The summed E-state index contributed by atoms with van der Waals surface area (Å²) in [7, 11) is 0. The number of halogens is 1. The predicted octanol–water partition coefficient (Wildman–Crippen LogP) is 4.64. The second kappa shape index (κ2) is 7.29. The van der Waals surface area contributed by atoms with E-state index in [4.69, 9.17) is 11.6 Å². The molecular formula is C16H14ClN3OS2. The van der Waals surface area contributed by atoms with Crippen molar-refractivity contribution in [1.82, 2.24) is 9.97 Å². The lowest BCUT2D eigenvalue weighted by atomic mass is 10.3. The Kier molecular flexibility index (Phi) is 5.15. The highest BCUT2D eigenvalue weighted by atomic mass is 35.5. The fraction of sp³-hybridized carbons (Fsp3) is 0.188. The third-order valence-corrected chi connectivity index (χ3v) is 5.60. The van der Waals surface area contributed by atoms with Gasteiger partial charge in [-0.15, -0.1) is 11.3 Å². The second-order valence-electron chi connectivity index (χ2n) is 4.81. The summed E-state index contributed by atoms with van der Waals surface area (Å²) in [5.74, 6) is 0.224. The number of thioether (sulfide) groups is 1. The molecule has 0 aliphatic carbocycles. The summed E-state index contributed by atoms with van der Waals surface area (Å²) in [6.07, 6.45) is 2.53. The van der Waals surface area contributed by atoms with Gasteiger partial charge in [-0.1, -0.05) is 30.3 Å². The van der Waals surface area contributed by atoms with Crippen LogP contribution in [0, 0.1) is 0 Å². The van der Waals surface area contributed by atoms with Gasteiger partial charge in [0.2, 0.25) is 5.91 Å². The lowest BCUT2D eigenvalue weighted by Crippen LogP contribution is -2.14. The van der Waals surface area contributed by atoms with E-state index in [0.717, 1.165) is 27.4 Å². The highest BCUT2D eigenvalue weighted by Gasteiger charge is 2.11. The molecule has 0 aliphatic heterocycles. The molecule has 2 heterocycles. The second-order valence-corrected chi connectivity index (χ2v) is 7.32. The Balaban J connectivity index is 1.67. The highest BCUT2D eigenvalue weighted by molar-refractivity contribution is 8.00. The summed E-state index contributed by atoms with van der Waals surface area (Å²) >= 11 is 8.92. The molecule has 0 fully saturated rings. The van der Waals surface area contributed by atoms with E-state index in [9.17, 15) is 4.79 Å². The first-order chi connectivity index (χ1) is 11.2. The summed E-state index contributed by atoms with van der Waals surface area (Å²) in [5.41, 5.74) is 0.733. The molecule has 0 spiro atoms. The maximum Gasteiger partial charge on any atom is 0.234 e. The Morgan fingerprint density at radius 2 is 2.09 bits per heavy atom. The number of aryl methyl sites for hydroxylation is 1. The summed E-state index contributed by atoms with van der Waals surface area (Å²) < 4.78 is 0. The molecule has 7 heteroatoms. The molecule has 1 aromatic carbocycles. The van der Waals surface area contributed by atoms with Crippen LogP contribution in [0.3, 0.4) is 0 Å². The number of benzene rings is 1. The highest BCUT2D eigenvalue weighted by Crippen LogP contribution is 2.30. The first kappa shape index (κ1) is 16.2. The molecule has 0 aliphatic rings. The van der Waals surface area contributed by atoms with Crippen molar-refractivity contribution in [3.8, 4) is 0 Å². The van der Waals surface area contributed by atoms with E-state index in [-0.39, 0.29) is 5.91 Å². The van der Waals surface area contributed by atoms with E-state index in [0.29, 0.717) is 10.8 Å². The van der Waals surface area contributed by atoms with E-state index in [1.165, 1.54) is 16.6 Å². The number of carbonyl (C=O) groups is 1. The standard InChI is InChI=1S/C16H14ClN3OS2/c1-2-12-7-13-15(18-9-19-16(13)23-12)22-8-14(21)20-11-5-3-10(17)4-6-11/h3-7,9H,2,8H2,1H3,(H,20,21). The molecule has 2 aromatic heterocycles. The minimum absolute atomic E-state index is 0.0740. The van der Waals surface area contributed by atoms with Crippen LogP contribution >= 0.6 is 34.7 Å². The monoisotopic (exact) mass is 363 g/mol. The molecule has 0 atom stereocenters. The van der Waals surface area contributed by atoms with Gasteiger partial charge in [-0.2, -0.15) is 0 Å². The van der Waals surface area contributed by atoms with Crippen molar-refractivity contribution in [2.45, 2.75) is 18.4 Å². The number of hydrogen-bond donors (Lipinski definition) is 1. The Hall–Kier alpha value is -1.63. The van der Waals surface area contributed by atoms with Crippen LogP contribution in [-0.4, -0.2) is 21.6 Å². The number of nitrogens with one attached hydrogen (secondary N) is 1. The van der Waals surface area contributed by atoms with Gasteiger partial charge in [-0.3, -0.25) is 4.79 Å². The maximum absolute atomic E-state index is 12.1. The number of amides is 1. The fourth-order valence-electron chi connectivity index (χ4n) is 2.04. The van der Waals surface area contributed by atoms with Gasteiger partial charge < -0.3 is 5.32 Å². The summed E-state index contributed by atoms with van der Waals surface area (Å²) in [6.45, 7) is 2.12. The number of thiophene rings is 1. The topological polar surface area (TPSA) is 54.9 Å². The van der Waals surface area contributed by atoms with Crippen LogP contribution in [0.25, 0.3) is 10.2 Å². The molecule has 0 saturated carbocycles. The first-order valence-corrected chi connectivity index (χ1v) is 9.25.